The minimum Gasteiger partial charge on any atom is -0.342 e. The Morgan fingerprint density at radius 1 is 1.00 bits per heavy atom. The van der Waals surface area contributed by atoms with E-state index < -0.39 is 34.5 Å². The van der Waals surface area contributed by atoms with Gasteiger partial charge in [0, 0.05) is 12.0 Å². The van der Waals surface area contributed by atoms with Crippen molar-refractivity contribution >= 4 is 11.0 Å². The molecule has 136 valence electrons. The van der Waals surface area contributed by atoms with Crippen LogP contribution in [0.25, 0.3) is 11.0 Å². The quantitative estimate of drug-likeness (QED) is 0.753. The number of alkyl halides is 6. The summed E-state index contributed by atoms with van der Waals surface area (Å²) in [5, 5.41) is 0. The fourth-order valence-corrected chi connectivity index (χ4v) is 2.06. The molecule has 1 aromatic heterocycles. The SMILES string of the molecule is CC.CC(C)(N)Cc1nc2c(C(F)(F)F)cc(C(F)(F)F)cc2[nH]1. The van der Waals surface area contributed by atoms with Gasteiger partial charge in [0.1, 0.15) is 11.3 Å². The van der Waals surface area contributed by atoms with E-state index in [4.69, 9.17) is 5.73 Å². The molecule has 1 heterocycles. The maximum absolute atomic E-state index is 13.0. The lowest BCUT2D eigenvalue weighted by Crippen LogP contribution is -2.34. The van der Waals surface area contributed by atoms with E-state index in [1.54, 1.807) is 13.8 Å². The van der Waals surface area contributed by atoms with Crippen LogP contribution in [0.2, 0.25) is 0 Å². The molecule has 0 spiro atoms. The number of nitrogens with two attached hydrogens (primary N) is 1. The van der Waals surface area contributed by atoms with Crippen molar-refractivity contribution in [3.8, 4) is 0 Å². The third kappa shape index (κ3) is 4.86. The summed E-state index contributed by atoms with van der Waals surface area (Å²) in [6.45, 7) is 7.26. The maximum atomic E-state index is 13.0. The zero-order valence-electron chi connectivity index (χ0n) is 13.7. The van der Waals surface area contributed by atoms with Gasteiger partial charge in [0.2, 0.25) is 0 Å². The van der Waals surface area contributed by atoms with Gasteiger partial charge in [-0.1, -0.05) is 13.8 Å². The van der Waals surface area contributed by atoms with E-state index in [-0.39, 0.29) is 23.8 Å². The molecular weight excluding hydrogens is 336 g/mol. The highest BCUT2D eigenvalue weighted by atomic mass is 19.4. The summed E-state index contributed by atoms with van der Waals surface area (Å²) in [7, 11) is 0. The van der Waals surface area contributed by atoms with E-state index in [0.29, 0.717) is 6.07 Å². The average Bonchev–Trinajstić information content (AvgIpc) is 2.77. The number of hydrogen-bond donors (Lipinski definition) is 2. The number of rotatable bonds is 2. The van der Waals surface area contributed by atoms with Crippen LogP contribution in [-0.2, 0) is 18.8 Å². The largest absolute Gasteiger partial charge is 0.418 e. The van der Waals surface area contributed by atoms with Crippen molar-refractivity contribution in [3.05, 3.63) is 29.1 Å². The number of H-pyrrole nitrogens is 1. The number of fused-ring (bicyclic) bond motifs is 1. The van der Waals surface area contributed by atoms with Crippen molar-refractivity contribution in [3.63, 3.8) is 0 Å². The number of hydrogen-bond acceptors (Lipinski definition) is 2. The average molecular weight is 355 g/mol. The van der Waals surface area contributed by atoms with E-state index >= 15 is 0 Å². The zero-order chi connectivity index (χ0) is 18.9. The van der Waals surface area contributed by atoms with Crippen molar-refractivity contribution in [2.75, 3.05) is 0 Å². The number of imidazole rings is 1. The lowest BCUT2D eigenvalue weighted by atomic mass is 10.0. The van der Waals surface area contributed by atoms with Gasteiger partial charge in [0.15, 0.2) is 0 Å². The first-order valence-electron chi connectivity index (χ1n) is 7.23. The molecule has 2 rings (SSSR count). The van der Waals surface area contributed by atoms with E-state index in [0.717, 1.165) is 0 Å². The Bertz CT molecular complexity index is 692. The van der Waals surface area contributed by atoms with Crippen LogP contribution in [0, 0.1) is 0 Å². The lowest BCUT2D eigenvalue weighted by molar-refractivity contribution is -0.142. The summed E-state index contributed by atoms with van der Waals surface area (Å²) < 4.78 is 77.2. The second-order valence-electron chi connectivity index (χ2n) is 5.76. The van der Waals surface area contributed by atoms with Crippen LogP contribution in [-0.4, -0.2) is 15.5 Å². The number of halogens is 6. The number of nitrogens with one attached hydrogen (secondary N) is 1. The smallest absolute Gasteiger partial charge is 0.342 e. The molecule has 24 heavy (non-hydrogen) atoms. The Kier molecular flexibility index (Phi) is 5.59. The molecule has 1 aromatic carbocycles. The van der Waals surface area contributed by atoms with Crippen LogP contribution in [0.15, 0.2) is 12.1 Å². The monoisotopic (exact) mass is 355 g/mol. The van der Waals surface area contributed by atoms with Gasteiger partial charge in [-0.2, -0.15) is 26.3 Å². The van der Waals surface area contributed by atoms with Gasteiger partial charge in [-0.15, -0.1) is 0 Å². The topological polar surface area (TPSA) is 54.7 Å². The molecule has 9 heteroatoms. The third-order valence-electron chi connectivity index (χ3n) is 2.89. The fraction of sp³-hybridized carbons (Fsp3) is 0.533. The molecule has 0 aliphatic carbocycles. The minimum atomic E-state index is -4.94. The summed E-state index contributed by atoms with van der Waals surface area (Å²) in [6, 6.07) is 0.686. The molecule has 3 N–H and O–H groups in total. The molecule has 0 unspecified atom stereocenters. The predicted molar refractivity (Wildman–Crippen MR) is 79.4 cm³/mol. The number of benzene rings is 1. The highest BCUT2D eigenvalue weighted by Crippen LogP contribution is 2.39. The van der Waals surface area contributed by atoms with Crippen molar-refractivity contribution in [2.24, 2.45) is 5.73 Å². The highest BCUT2D eigenvalue weighted by Gasteiger charge is 2.39. The number of aromatic amines is 1. The summed E-state index contributed by atoms with van der Waals surface area (Å²) in [6.07, 6.45) is -9.73. The lowest BCUT2D eigenvalue weighted by Gasteiger charge is -2.15. The van der Waals surface area contributed by atoms with Gasteiger partial charge in [0.05, 0.1) is 16.6 Å². The molecule has 0 fully saturated rings. The molecular formula is C15H19F6N3. The van der Waals surface area contributed by atoms with Gasteiger partial charge in [-0.25, -0.2) is 4.98 Å². The predicted octanol–water partition coefficient (Wildman–Crippen LogP) is 4.91. The van der Waals surface area contributed by atoms with Crippen LogP contribution >= 0.6 is 0 Å². The minimum absolute atomic E-state index is 0.0700. The molecule has 0 saturated carbocycles. The van der Waals surface area contributed by atoms with Crippen LogP contribution < -0.4 is 5.73 Å². The van der Waals surface area contributed by atoms with Gasteiger partial charge >= 0.3 is 12.4 Å². The molecule has 0 atom stereocenters. The number of nitrogens with zero attached hydrogens (tertiary/aromatic N) is 1. The molecule has 0 amide bonds. The normalized spacial score (nSPS) is 13.0. The third-order valence-corrected chi connectivity index (χ3v) is 2.89. The Morgan fingerprint density at radius 2 is 1.54 bits per heavy atom. The molecule has 0 saturated heterocycles. The van der Waals surface area contributed by atoms with Gasteiger partial charge in [-0.05, 0) is 26.0 Å². The fourth-order valence-electron chi connectivity index (χ4n) is 2.06. The second-order valence-corrected chi connectivity index (χ2v) is 5.76. The molecule has 2 aromatic rings. The maximum Gasteiger partial charge on any atom is 0.418 e. The molecule has 0 aliphatic rings. The van der Waals surface area contributed by atoms with Gasteiger partial charge in [-0.3, -0.25) is 0 Å². The van der Waals surface area contributed by atoms with Crippen molar-refractivity contribution in [1.82, 2.24) is 9.97 Å². The van der Waals surface area contributed by atoms with E-state index in [1.165, 1.54) is 0 Å². The van der Waals surface area contributed by atoms with Crippen molar-refractivity contribution in [1.29, 1.82) is 0 Å². The van der Waals surface area contributed by atoms with Crippen LogP contribution in [0.4, 0.5) is 26.3 Å². The van der Waals surface area contributed by atoms with Crippen molar-refractivity contribution < 1.29 is 26.3 Å². The van der Waals surface area contributed by atoms with Crippen LogP contribution in [0.3, 0.4) is 0 Å². The Hall–Kier alpha value is -1.77. The summed E-state index contributed by atoms with van der Waals surface area (Å²) >= 11 is 0. The highest BCUT2D eigenvalue weighted by molar-refractivity contribution is 5.80. The number of aromatic nitrogens is 2. The first-order valence-corrected chi connectivity index (χ1v) is 7.23. The Labute approximate surface area is 135 Å². The van der Waals surface area contributed by atoms with Crippen LogP contribution in [0.1, 0.15) is 44.6 Å². The standard InChI is InChI=1S/C13H13F6N3.C2H6/c1-11(2,20)5-9-21-8-4-6(12(14,15)16)3-7(10(8)22-9)13(17,18)19;1-2/h3-4H,5,20H2,1-2H3,(H,21,22);1-2H3. The van der Waals surface area contributed by atoms with E-state index in [2.05, 4.69) is 9.97 Å². The summed E-state index contributed by atoms with van der Waals surface area (Å²) in [5.41, 5.74) is 1.32. The first-order chi connectivity index (χ1) is 10.8. The van der Waals surface area contributed by atoms with Gasteiger partial charge in [0.25, 0.3) is 0 Å². The summed E-state index contributed by atoms with van der Waals surface area (Å²) in [4.78, 5) is 6.25. The first kappa shape index (κ1) is 20.3. The zero-order valence-corrected chi connectivity index (χ0v) is 13.7. The molecule has 3 nitrogen and oxygen atoms in total. The van der Waals surface area contributed by atoms with Crippen LogP contribution in [0.5, 0.6) is 0 Å². The summed E-state index contributed by atoms with van der Waals surface area (Å²) in [5.74, 6) is 0.104. The van der Waals surface area contributed by atoms with Gasteiger partial charge < -0.3 is 10.7 Å². The Balaban J connectivity index is 0.00000139. The van der Waals surface area contributed by atoms with Crippen molar-refractivity contribution in [2.45, 2.75) is 52.0 Å². The Morgan fingerprint density at radius 3 is 1.96 bits per heavy atom. The van der Waals surface area contributed by atoms with E-state index in [9.17, 15) is 26.3 Å². The second kappa shape index (κ2) is 6.62. The van der Waals surface area contributed by atoms with E-state index in [1.807, 2.05) is 13.8 Å². The molecule has 0 radical (unpaired) electrons. The molecule has 0 bridgehead atoms. The molecule has 0 aliphatic heterocycles.